The number of hydrogen-bond acceptors (Lipinski definition) is 15. The van der Waals surface area contributed by atoms with Crippen LogP contribution >= 0.6 is 15.6 Å². The Morgan fingerprint density at radius 3 is 0.755 bits per heavy atom. The molecule has 3 unspecified atom stereocenters. The number of hydrogen-bond donors (Lipinski definition) is 3. The highest BCUT2D eigenvalue weighted by atomic mass is 31.2. The molecule has 102 heavy (non-hydrogen) atoms. The van der Waals surface area contributed by atoms with Gasteiger partial charge in [0, 0.05) is 25.7 Å². The summed E-state index contributed by atoms with van der Waals surface area (Å²) >= 11 is 0. The molecule has 19 heteroatoms. The lowest BCUT2D eigenvalue weighted by Crippen LogP contribution is -2.30. The van der Waals surface area contributed by atoms with E-state index in [1.54, 1.807) is 0 Å². The first-order valence-corrected chi connectivity index (χ1v) is 44.5. The molecule has 0 aliphatic heterocycles. The molecule has 596 valence electrons. The number of esters is 4. The van der Waals surface area contributed by atoms with Crippen molar-refractivity contribution in [3.63, 3.8) is 0 Å². The second-order valence-corrected chi connectivity index (χ2v) is 31.0. The Morgan fingerprint density at radius 1 is 0.275 bits per heavy atom. The molecule has 0 aliphatic carbocycles. The van der Waals surface area contributed by atoms with Crippen LogP contribution in [0, 0.1) is 0 Å². The molecule has 17 nitrogen and oxygen atoms in total. The summed E-state index contributed by atoms with van der Waals surface area (Å²) in [6, 6.07) is 0. The van der Waals surface area contributed by atoms with Gasteiger partial charge in [-0.2, -0.15) is 0 Å². The fraction of sp³-hybridized carbons (Fsp3) is 0.831. The lowest BCUT2D eigenvalue weighted by atomic mass is 10.1. The van der Waals surface area contributed by atoms with E-state index in [2.05, 4.69) is 88.5 Å². The van der Waals surface area contributed by atoms with Crippen molar-refractivity contribution in [1.82, 2.24) is 0 Å². The summed E-state index contributed by atoms with van der Waals surface area (Å²) in [4.78, 5) is 73.1. The van der Waals surface area contributed by atoms with E-state index in [9.17, 15) is 43.2 Å². The maximum Gasteiger partial charge on any atom is 0.472 e. The van der Waals surface area contributed by atoms with Crippen LogP contribution in [0.1, 0.15) is 387 Å². The normalized spacial score (nSPS) is 14.1. The van der Waals surface area contributed by atoms with E-state index in [1.807, 2.05) is 0 Å². The van der Waals surface area contributed by atoms with Crippen molar-refractivity contribution in [2.75, 3.05) is 39.6 Å². The molecule has 0 heterocycles. The summed E-state index contributed by atoms with van der Waals surface area (Å²) in [6.45, 7) is 4.88. The molecule has 0 aromatic carbocycles. The lowest BCUT2D eigenvalue weighted by Gasteiger charge is -2.21. The van der Waals surface area contributed by atoms with Crippen LogP contribution in [0.25, 0.3) is 0 Å². The number of rotatable bonds is 79. The smallest absolute Gasteiger partial charge is 0.462 e. The van der Waals surface area contributed by atoms with Gasteiger partial charge in [-0.25, -0.2) is 9.13 Å². The topological polar surface area (TPSA) is 237 Å². The summed E-state index contributed by atoms with van der Waals surface area (Å²) in [5.41, 5.74) is 0. The fourth-order valence-electron chi connectivity index (χ4n) is 11.5. The minimum absolute atomic E-state index is 0.0818. The highest BCUT2D eigenvalue weighted by Crippen LogP contribution is 2.45. The predicted molar refractivity (Wildman–Crippen MR) is 418 cm³/mol. The number of phosphoric ester groups is 2. The third-order valence-corrected chi connectivity index (χ3v) is 19.8. The van der Waals surface area contributed by atoms with E-state index in [-0.39, 0.29) is 25.7 Å². The molecular formula is C83H152O17P2. The van der Waals surface area contributed by atoms with Crippen LogP contribution in [0.4, 0.5) is 0 Å². The number of allylic oxidation sites excluding steroid dienone is 10. The molecule has 0 aliphatic rings. The van der Waals surface area contributed by atoms with Crippen LogP contribution in [0.2, 0.25) is 0 Å². The molecular weight excluding hydrogens is 1330 g/mol. The summed E-state index contributed by atoms with van der Waals surface area (Å²) in [6.07, 6.45) is 76.1. The molecule has 0 spiro atoms. The maximum absolute atomic E-state index is 13.1. The highest BCUT2D eigenvalue weighted by molar-refractivity contribution is 7.47. The van der Waals surface area contributed by atoms with Crippen LogP contribution in [0.15, 0.2) is 60.8 Å². The van der Waals surface area contributed by atoms with Crippen molar-refractivity contribution in [2.45, 2.75) is 406 Å². The Labute approximate surface area is 622 Å². The first-order chi connectivity index (χ1) is 49.7. The van der Waals surface area contributed by atoms with Gasteiger partial charge in [-0.15, -0.1) is 0 Å². The van der Waals surface area contributed by atoms with Crippen molar-refractivity contribution in [3.8, 4) is 0 Å². The third kappa shape index (κ3) is 75.0. The third-order valence-electron chi connectivity index (χ3n) is 17.9. The summed E-state index contributed by atoms with van der Waals surface area (Å²) < 4.78 is 68.7. The van der Waals surface area contributed by atoms with Gasteiger partial charge in [-0.05, 0) is 135 Å². The zero-order valence-corrected chi connectivity index (χ0v) is 67.1. The van der Waals surface area contributed by atoms with Crippen molar-refractivity contribution in [1.29, 1.82) is 0 Å². The first kappa shape index (κ1) is 98.8. The van der Waals surface area contributed by atoms with Gasteiger partial charge in [0.05, 0.1) is 26.4 Å². The average molecular weight is 1480 g/mol. The minimum atomic E-state index is -4.98. The molecule has 0 radical (unpaired) electrons. The van der Waals surface area contributed by atoms with Crippen LogP contribution in [0.3, 0.4) is 0 Å². The second kappa shape index (κ2) is 76.0. The quantitative estimate of drug-likeness (QED) is 0.0169. The Balaban J connectivity index is 5.35. The highest BCUT2D eigenvalue weighted by Gasteiger charge is 2.30. The number of phosphoric acid groups is 2. The van der Waals surface area contributed by atoms with Crippen molar-refractivity contribution in [2.24, 2.45) is 0 Å². The predicted octanol–water partition coefficient (Wildman–Crippen LogP) is 24.2. The zero-order chi connectivity index (χ0) is 74.6. The van der Waals surface area contributed by atoms with Crippen LogP contribution in [-0.2, 0) is 65.4 Å². The van der Waals surface area contributed by atoms with Gasteiger partial charge >= 0.3 is 39.5 Å². The lowest BCUT2D eigenvalue weighted by molar-refractivity contribution is -0.161. The summed E-state index contributed by atoms with van der Waals surface area (Å²) in [5, 5.41) is 10.6. The standard InChI is InChI=1S/C83H152O17P2/c1-5-9-13-17-21-25-29-33-37-38-42-44-48-52-56-60-64-68-81(86)94-74-79(100-83(88)70-66-62-58-54-50-46-41-36-32-28-24-20-16-12-8-4)76-98-102(91,92)96-72-77(84)71-95-101(89,90)97-75-78(99-82(87)69-65-61-57-53-49-45-40-35-31-27-23-19-15-11-7-3)73-93-80(85)67-63-59-55-51-47-43-39-34-30-26-22-18-14-10-6-2/h24,28,33-37,39-41,77-79,84H,5-23,25-27,29-32,38,42-76H2,1-4H3,(H,89,90)(H,91,92)/t77?,78-,79-/m1/s1. The van der Waals surface area contributed by atoms with Crippen LogP contribution in [-0.4, -0.2) is 96.7 Å². The number of aliphatic hydroxyl groups is 1. The average Bonchev–Trinajstić information content (AvgIpc) is 0.919. The molecule has 0 rings (SSSR count). The number of aliphatic hydroxyl groups excluding tert-OH is 1. The zero-order valence-electron chi connectivity index (χ0n) is 65.3. The summed E-state index contributed by atoms with van der Waals surface area (Å²) in [5.74, 6) is -2.18. The van der Waals surface area contributed by atoms with E-state index >= 15 is 0 Å². The Hall–Kier alpha value is -3.24. The van der Waals surface area contributed by atoms with Gasteiger partial charge in [0.1, 0.15) is 19.3 Å². The van der Waals surface area contributed by atoms with Gasteiger partial charge in [-0.1, -0.05) is 288 Å². The molecule has 0 bridgehead atoms. The second-order valence-electron chi connectivity index (χ2n) is 28.1. The van der Waals surface area contributed by atoms with Gasteiger partial charge in [0.2, 0.25) is 0 Å². The Kier molecular flexibility index (Phi) is 73.6. The molecule has 0 fully saturated rings. The van der Waals surface area contributed by atoms with Crippen LogP contribution < -0.4 is 0 Å². The van der Waals surface area contributed by atoms with Crippen molar-refractivity contribution in [3.05, 3.63) is 60.8 Å². The van der Waals surface area contributed by atoms with E-state index in [0.717, 1.165) is 154 Å². The molecule has 0 saturated carbocycles. The van der Waals surface area contributed by atoms with Gasteiger partial charge in [-0.3, -0.25) is 37.3 Å². The van der Waals surface area contributed by atoms with Gasteiger partial charge in [0.15, 0.2) is 12.2 Å². The fourth-order valence-corrected chi connectivity index (χ4v) is 13.1. The first-order valence-electron chi connectivity index (χ1n) is 41.5. The van der Waals surface area contributed by atoms with Crippen LogP contribution in [0.5, 0.6) is 0 Å². The molecule has 0 amide bonds. The molecule has 5 atom stereocenters. The molecule has 0 aromatic heterocycles. The van der Waals surface area contributed by atoms with E-state index in [4.69, 9.17) is 37.0 Å². The number of carbonyl (C=O) groups is 4. The Morgan fingerprint density at radius 2 is 0.480 bits per heavy atom. The minimum Gasteiger partial charge on any atom is -0.462 e. The SMILES string of the molecule is CCCCCC=CCC=CCCCCCCCC(=O)O[C@H](COC(=O)CCCCCCCCCC=CCCCCCCCC)COP(=O)(O)OCC(O)COP(=O)(O)OC[C@@H](COC(=O)CCCCCCCC=CCCCCCCCC)OC(=O)CCCCCCCC=CCCCCCCCC. The summed E-state index contributed by atoms with van der Waals surface area (Å²) in [7, 11) is -9.95. The van der Waals surface area contributed by atoms with Crippen molar-refractivity contribution < 1.29 is 80.2 Å². The van der Waals surface area contributed by atoms with Crippen molar-refractivity contribution >= 4 is 39.5 Å². The Bertz CT molecular complexity index is 2170. The molecule has 3 N–H and O–H groups in total. The van der Waals surface area contributed by atoms with Gasteiger partial charge in [0.25, 0.3) is 0 Å². The van der Waals surface area contributed by atoms with E-state index < -0.39 is 97.5 Å². The molecule has 0 saturated heterocycles. The van der Waals surface area contributed by atoms with E-state index in [1.165, 1.54) is 154 Å². The molecule has 0 aromatic rings. The number of ether oxygens (including phenoxy) is 4. The largest absolute Gasteiger partial charge is 0.472 e. The maximum atomic E-state index is 13.1. The van der Waals surface area contributed by atoms with Gasteiger partial charge < -0.3 is 33.8 Å². The number of carbonyl (C=O) groups excluding carboxylic acids is 4. The number of unbranched alkanes of at least 4 members (excludes halogenated alkanes) is 43. The van der Waals surface area contributed by atoms with E-state index in [0.29, 0.717) is 25.7 Å². The monoisotopic (exact) mass is 1480 g/mol.